The molecule has 0 aromatic heterocycles. The molecule has 1 atom stereocenters. The lowest BCUT2D eigenvalue weighted by atomic mass is 9.71. The molecule has 1 nitrogen and oxygen atoms in total. The number of benzene rings is 3. The fraction of sp³-hybridized carbons (Fsp3) is 0.217. The van der Waals surface area contributed by atoms with Crippen LogP contribution < -0.4 is 5.32 Å². The van der Waals surface area contributed by atoms with Crippen LogP contribution in [0.1, 0.15) is 27.8 Å². The minimum atomic E-state index is -0.00356. The van der Waals surface area contributed by atoms with Crippen molar-refractivity contribution in [3.8, 4) is 0 Å². The van der Waals surface area contributed by atoms with E-state index in [1.807, 2.05) is 0 Å². The number of para-hydroxylation sites is 1. The van der Waals surface area contributed by atoms with Gasteiger partial charge in [0.2, 0.25) is 0 Å². The fourth-order valence-corrected chi connectivity index (χ4v) is 4.03. The van der Waals surface area contributed by atoms with Crippen molar-refractivity contribution in [3.63, 3.8) is 0 Å². The molecule has 0 saturated heterocycles. The summed E-state index contributed by atoms with van der Waals surface area (Å²) < 4.78 is 0. The van der Waals surface area contributed by atoms with Gasteiger partial charge in [0.15, 0.2) is 0 Å². The van der Waals surface area contributed by atoms with Crippen molar-refractivity contribution >= 4 is 5.69 Å². The van der Waals surface area contributed by atoms with E-state index in [-0.39, 0.29) is 5.41 Å². The van der Waals surface area contributed by atoms with Crippen LogP contribution in [0.5, 0.6) is 0 Å². The average molecular weight is 313 g/mol. The smallest absolute Gasteiger partial charge is 0.0435 e. The van der Waals surface area contributed by atoms with E-state index in [9.17, 15) is 0 Å². The van der Waals surface area contributed by atoms with E-state index >= 15 is 0 Å². The van der Waals surface area contributed by atoms with Gasteiger partial charge in [-0.1, -0.05) is 77.9 Å². The molecule has 0 amide bonds. The summed E-state index contributed by atoms with van der Waals surface area (Å²) in [5, 5.41) is 3.64. The molecule has 0 spiro atoms. The Morgan fingerprint density at radius 3 is 2.38 bits per heavy atom. The van der Waals surface area contributed by atoms with Crippen molar-refractivity contribution in [2.75, 3.05) is 11.9 Å². The van der Waals surface area contributed by atoms with Crippen molar-refractivity contribution in [1.82, 2.24) is 0 Å². The van der Waals surface area contributed by atoms with E-state index in [2.05, 4.69) is 92.0 Å². The van der Waals surface area contributed by atoms with Gasteiger partial charge in [-0.25, -0.2) is 0 Å². The monoisotopic (exact) mass is 313 g/mol. The van der Waals surface area contributed by atoms with E-state index < -0.39 is 0 Å². The zero-order valence-electron chi connectivity index (χ0n) is 14.3. The highest BCUT2D eigenvalue weighted by atomic mass is 14.9. The SMILES string of the molecule is Cc1cccc(CC2(c3cccc(C)c3)CNc3ccccc32)c1. The molecule has 4 rings (SSSR count). The van der Waals surface area contributed by atoms with Crippen LogP contribution in [0.15, 0.2) is 72.8 Å². The predicted octanol–water partition coefficient (Wildman–Crippen LogP) is 5.26. The minimum Gasteiger partial charge on any atom is -0.384 e. The van der Waals surface area contributed by atoms with E-state index in [0.29, 0.717) is 0 Å². The van der Waals surface area contributed by atoms with Gasteiger partial charge in [0, 0.05) is 17.6 Å². The van der Waals surface area contributed by atoms with E-state index in [0.717, 1.165) is 13.0 Å². The predicted molar refractivity (Wildman–Crippen MR) is 102 cm³/mol. The lowest BCUT2D eigenvalue weighted by Crippen LogP contribution is -2.32. The Bertz CT molecular complexity index is 880. The summed E-state index contributed by atoms with van der Waals surface area (Å²) in [7, 11) is 0. The van der Waals surface area contributed by atoms with Gasteiger partial charge in [-0.05, 0) is 43.0 Å². The number of anilines is 1. The van der Waals surface area contributed by atoms with Crippen LogP contribution in [0, 0.1) is 13.8 Å². The quantitative estimate of drug-likeness (QED) is 0.695. The van der Waals surface area contributed by atoms with E-state index in [1.54, 1.807) is 0 Å². The van der Waals surface area contributed by atoms with Gasteiger partial charge < -0.3 is 5.32 Å². The molecule has 120 valence electrons. The minimum absolute atomic E-state index is 0.00356. The molecule has 3 aromatic carbocycles. The highest BCUT2D eigenvalue weighted by molar-refractivity contribution is 5.65. The molecule has 1 heteroatoms. The summed E-state index contributed by atoms with van der Waals surface area (Å²) in [6, 6.07) is 26.7. The first-order valence-electron chi connectivity index (χ1n) is 8.63. The third kappa shape index (κ3) is 2.50. The summed E-state index contributed by atoms with van der Waals surface area (Å²) >= 11 is 0. The largest absolute Gasteiger partial charge is 0.384 e. The second-order valence-corrected chi connectivity index (χ2v) is 7.02. The van der Waals surface area contributed by atoms with Crippen molar-refractivity contribution in [3.05, 3.63) is 101 Å². The summed E-state index contributed by atoms with van der Waals surface area (Å²) in [4.78, 5) is 0. The van der Waals surface area contributed by atoms with Crippen LogP contribution in [-0.4, -0.2) is 6.54 Å². The topological polar surface area (TPSA) is 12.0 Å². The van der Waals surface area contributed by atoms with Crippen LogP contribution >= 0.6 is 0 Å². The number of nitrogens with one attached hydrogen (secondary N) is 1. The van der Waals surface area contributed by atoms with Crippen molar-refractivity contribution in [1.29, 1.82) is 0 Å². The second kappa shape index (κ2) is 5.83. The Morgan fingerprint density at radius 1 is 0.833 bits per heavy atom. The highest BCUT2D eigenvalue weighted by Gasteiger charge is 2.40. The summed E-state index contributed by atoms with van der Waals surface area (Å²) in [5.74, 6) is 0. The Balaban J connectivity index is 1.88. The average Bonchev–Trinajstić information content (AvgIpc) is 2.95. The van der Waals surface area contributed by atoms with Crippen molar-refractivity contribution in [2.45, 2.75) is 25.7 Å². The molecule has 24 heavy (non-hydrogen) atoms. The molecule has 0 radical (unpaired) electrons. The molecular formula is C23H23N. The zero-order chi connectivity index (χ0) is 16.6. The molecule has 1 aliphatic rings. The maximum absolute atomic E-state index is 3.64. The lowest BCUT2D eigenvalue weighted by Gasteiger charge is -2.31. The van der Waals surface area contributed by atoms with Crippen LogP contribution in [0.3, 0.4) is 0 Å². The third-order valence-electron chi connectivity index (χ3n) is 5.18. The molecule has 0 saturated carbocycles. The molecule has 0 aliphatic carbocycles. The molecule has 3 aromatic rings. The lowest BCUT2D eigenvalue weighted by molar-refractivity contribution is 0.563. The summed E-state index contributed by atoms with van der Waals surface area (Å²) in [6.45, 7) is 5.30. The number of fused-ring (bicyclic) bond motifs is 1. The van der Waals surface area contributed by atoms with Gasteiger partial charge in [0.1, 0.15) is 0 Å². The Morgan fingerprint density at radius 2 is 1.58 bits per heavy atom. The first kappa shape index (κ1) is 15.0. The fourth-order valence-electron chi connectivity index (χ4n) is 4.03. The molecule has 1 N–H and O–H groups in total. The molecule has 0 bridgehead atoms. The molecule has 1 heterocycles. The molecule has 1 aliphatic heterocycles. The van der Waals surface area contributed by atoms with E-state index in [1.165, 1.54) is 33.5 Å². The number of hydrogen-bond acceptors (Lipinski definition) is 1. The number of hydrogen-bond donors (Lipinski definition) is 1. The molecule has 0 fully saturated rings. The van der Waals surface area contributed by atoms with Gasteiger partial charge in [0.25, 0.3) is 0 Å². The summed E-state index contributed by atoms with van der Waals surface area (Å²) in [6.07, 6.45) is 1.02. The Hall–Kier alpha value is -2.54. The first-order valence-corrected chi connectivity index (χ1v) is 8.63. The standard InChI is InChI=1S/C23H23N/c1-17-7-5-9-19(13-17)15-23(20-10-6-8-18(2)14-20)16-24-22-12-4-3-11-21(22)23/h3-14,24H,15-16H2,1-2H3. The van der Waals surface area contributed by atoms with Gasteiger partial charge >= 0.3 is 0 Å². The van der Waals surface area contributed by atoms with Crippen molar-refractivity contribution in [2.24, 2.45) is 0 Å². The normalized spacial score (nSPS) is 18.9. The maximum Gasteiger partial charge on any atom is 0.0435 e. The maximum atomic E-state index is 3.64. The van der Waals surface area contributed by atoms with Crippen LogP contribution in [0.25, 0.3) is 0 Å². The van der Waals surface area contributed by atoms with Crippen LogP contribution in [0.2, 0.25) is 0 Å². The van der Waals surface area contributed by atoms with Crippen molar-refractivity contribution < 1.29 is 0 Å². The second-order valence-electron chi connectivity index (χ2n) is 7.02. The van der Waals surface area contributed by atoms with Crippen LogP contribution in [-0.2, 0) is 11.8 Å². The van der Waals surface area contributed by atoms with E-state index in [4.69, 9.17) is 0 Å². The first-order chi connectivity index (χ1) is 11.7. The Labute approximate surface area is 144 Å². The van der Waals surface area contributed by atoms with Crippen LogP contribution in [0.4, 0.5) is 5.69 Å². The highest BCUT2D eigenvalue weighted by Crippen LogP contribution is 2.44. The van der Waals surface area contributed by atoms with Gasteiger partial charge in [-0.2, -0.15) is 0 Å². The summed E-state index contributed by atoms with van der Waals surface area (Å²) in [5.41, 5.74) is 8.13. The van der Waals surface area contributed by atoms with Gasteiger partial charge in [-0.3, -0.25) is 0 Å². The number of rotatable bonds is 3. The molecule has 1 unspecified atom stereocenters. The molecular weight excluding hydrogens is 290 g/mol. The Kier molecular flexibility index (Phi) is 3.65. The number of aryl methyl sites for hydroxylation is 2. The third-order valence-corrected chi connectivity index (χ3v) is 5.18. The van der Waals surface area contributed by atoms with Gasteiger partial charge in [0.05, 0.1) is 0 Å². The zero-order valence-corrected chi connectivity index (χ0v) is 14.3. The van der Waals surface area contributed by atoms with Gasteiger partial charge in [-0.15, -0.1) is 0 Å².